The molecule has 0 aromatic heterocycles. The minimum Gasteiger partial charge on any atom is -0.435 e. The molecule has 0 aliphatic rings. The molecule has 0 spiro atoms. The number of hydrogen-bond acceptors (Lipinski definition) is 4. The second-order valence-corrected chi connectivity index (χ2v) is 6.46. The maximum Gasteiger partial charge on any atom is 0.387 e. The van der Waals surface area contributed by atoms with Gasteiger partial charge in [-0.1, -0.05) is 24.3 Å². The van der Waals surface area contributed by atoms with E-state index in [4.69, 9.17) is 5.73 Å². The summed E-state index contributed by atoms with van der Waals surface area (Å²) in [5.74, 6) is -0.101. The van der Waals surface area contributed by atoms with Crippen LogP contribution in [0.4, 0.5) is 8.78 Å². The van der Waals surface area contributed by atoms with Crippen LogP contribution in [-0.2, 0) is 23.1 Å². The number of ether oxygens (including phenoxy) is 1. The Bertz CT molecular complexity index is 732. The van der Waals surface area contributed by atoms with Crippen molar-refractivity contribution in [2.45, 2.75) is 24.6 Å². The monoisotopic (exact) mass is 342 g/mol. The Kier molecular flexibility index (Phi) is 5.64. The number of nitrogens with two attached hydrogens (primary N) is 1. The average molecular weight is 342 g/mol. The molecule has 2 aromatic rings. The van der Waals surface area contributed by atoms with Gasteiger partial charge in [-0.2, -0.15) is 8.78 Å². The van der Waals surface area contributed by atoms with Crippen molar-refractivity contribution >= 4 is 10.0 Å². The summed E-state index contributed by atoms with van der Waals surface area (Å²) >= 11 is 0. The van der Waals surface area contributed by atoms with Gasteiger partial charge in [0.2, 0.25) is 10.0 Å². The van der Waals surface area contributed by atoms with E-state index in [1.54, 1.807) is 12.1 Å². The lowest BCUT2D eigenvalue weighted by Gasteiger charge is -2.09. The van der Waals surface area contributed by atoms with Crippen molar-refractivity contribution in [1.82, 2.24) is 4.72 Å². The minimum absolute atomic E-state index is 0.0299. The average Bonchev–Trinajstić information content (AvgIpc) is 2.53. The molecule has 23 heavy (non-hydrogen) atoms. The van der Waals surface area contributed by atoms with Gasteiger partial charge in [-0.25, -0.2) is 13.1 Å². The van der Waals surface area contributed by atoms with Crippen molar-refractivity contribution in [1.29, 1.82) is 0 Å². The van der Waals surface area contributed by atoms with Crippen LogP contribution in [0.2, 0.25) is 0 Å². The molecule has 5 nitrogen and oxygen atoms in total. The standard InChI is InChI=1S/C15H16F2N2O3S/c16-15(17)22-13-5-7-14(8-6-13)23(20,21)19-10-12-3-1-11(9-18)2-4-12/h1-8,15,19H,9-10,18H2. The summed E-state index contributed by atoms with van der Waals surface area (Å²) < 4.78 is 55.0. The number of nitrogens with one attached hydrogen (secondary N) is 1. The molecule has 0 saturated heterocycles. The van der Waals surface area contributed by atoms with Gasteiger partial charge in [-0.3, -0.25) is 0 Å². The van der Waals surface area contributed by atoms with E-state index in [9.17, 15) is 17.2 Å². The summed E-state index contributed by atoms with van der Waals surface area (Å²) in [6.07, 6.45) is 0. The van der Waals surface area contributed by atoms with Crippen LogP contribution in [0, 0.1) is 0 Å². The first-order valence-electron chi connectivity index (χ1n) is 6.73. The van der Waals surface area contributed by atoms with Crippen LogP contribution in [-0.4, -0.2) is 15.0 Å². The summed E-state index contributed by atoms with van der Waals surface area (Å²) in [7, 11) is -3.74. The van der Waals surface area contributed by atoms with Crippen LogP contribution in [0.1, 0.15) is 11.1 Å². The molecule has 0 unspecified atom stereocenters. The third kappa shape index (κ3) is 4.98. The number of sulfonamides is 1. The Morgan fingerprint density at radius 1 is 1.00 bits per heavy atom. The van der Waals surface area contributed by atoms with Crippen LogP contribution in [0.25, 0.3) is 0 Å². The largest absolute Gasteiger partial charge is 0.435 e. The lowest BCUT2D eigenvalue weighted by atomic mass is 10.1. The normalized spacial score (nSPS) is 11.7. The van der Waals surface area contributed by atoms with Crippen molar-refractivity contribution in [2.75, 3.05) is 0 Å². The Morgan fingerprint density at radius 3 is 2.09 bits per heavy atom. The molecule has 0 aliphatic heterocycles. The van der Waals surface area contributed by atoms with E-state index in [0.29, 0.717) is 6.54 Å². The zero-order valence-corrected chi connectivity index (χ0v) is 12.9. The smallest absolute Gasteiger partial charge is 0.387 e. The molecule has 2 aromatic carbocycles. The maximum absolute atomic E-state index is 12.1. The van der Waals surface area contributed by atoms with Gasteiger partial charge in [-0.05, 0) is 35.4 Å². The first-order chi connectivity index (χ1) is 10.9. The highest BCUT2D eigenvalue weighted by Crippen LogP contribution is 2.18. The van der Waals surface area contributed by atoms with Gasteiger partial charge in [0.15, 0.2) is 0 Å². The molecule has 0 fully saturated rings. The second-order valence-electron chi connectivity index (χ2n) is 4.70. The topological polar surface area (TPSA) is 81.4 Å². The number of halogens is 2. The minimum atomic E-state index is -3.74. The third-order valence-corrected chi connectivity index (χ3v) is 4.50. The van der Waals surface area contributed by atoms with Gasteiger partial charge in [-0.15, -0.1) is 0 Å². The number of hydrogen-bond donors (Lipinski definition) is 2. The molecule has 0 atom stereocenters. The van der Waals surface area contributed by atoms with E-state index in [0.717, 1.165) is 11.1 Å². The van der Waals surface area contributed by atoms with Crippen molar-refractivity contribution in [3.8, 4) is 5.75 Å². The number of benzene rings is 2. The van der Waals surface area contributed by atoms with Crippen molar-refractivity contribution in [2.24, 2.45) is 5.73 Å². The van der Waals surface area contributed by atoms with Crippen LogP contribution >= 0.6 is 0 Å². The fourth-order valence-electron chi connectivity index (χ4n) is 1.86. The van der Waals surface area contributed by atoms with Gasteiger partial charge in [0.05, 0.1) is 4.90 Å². The molecule has 3 N–H and O–H groups in total. The summed E-state index contributed by atoms with van der Waals surface area (Å²) in [4.78, 5) is -0.0299. The van der Waals surface area contributed by atoms with Crippen molar-refractivity contribution < 1.29 is 21.9 Å². The van der Waals surface area contributed by atoms with Gasteiger partial charge >= 0.3 is 6.61 Å². The van der Waals surface area contributed by atoms with Crippen LogP contribution < -0.4 is 15.2 Å². The van der Waals surface area contributed by atoms with E-state index >= 15 is 0 Å². The van der Waals surface area contributed by atoms with Crippen LogP contribution in [0.15, 0.2) is 53.4 Å². The van der Waals surface area contributed by atoms with Crippen molar-refractivity contribution in [3.05, 3.63) is 59.7 Å². The lowest BCUT2D eigenvalue weighted by molar-refractivity contribution is -0.0498. The summed E-state index contributed by atoms with van der Waals surface area (Å²) in [6, 6.07) is 12.0. The van der Waals surface area contributed by atoms with Crippen molar-refractivity contribution in [3.63, 3.8) is 0 Å². The van der Waals surface area contributed by atoms with Gasteiger partial charge in [0.1, 0.15) is 5.75 Å². The molecule has 0 aliphatic carbocycles. The highest BCUT2D eigenvalue weighted by molar-refractivity contribution is 7.89. The lowest BCUT2D eigenvalue weighted by Crippen LogP contribution is -2.23. The molecule has 0 radical (unpaired) electrons. The molecule has 8 heteroatoms. The van der Waals surface area contributed by atoms with E-state index < -0.39 is 16.6 Å². The SMILES string of the molecule is NCc1ccc(CNS(=O)(=O)c2ccc(OC(F)F)cc2)cc1. The highest BCUT2D eigenvalue weighted by Gasteiger charge is 2.14. The highest BCUT2D eigenvalue weighted by atomic mass is 32.2. The zero-order valence-electron chi connectivity index (χ0n) is 12.1. The van der Waals surface area contributed by atoms with E-state index in [1.165, 1.54) is 24.3 Å². The van der Waals surface area contributed by atoms with E-state index in [2.05, 4.69) is 9.46 Å². The molecule has 124 valence electrons. The van der Waals surface area contributed by atoms with Crippen LogP contribution in [0.5, 0.6) is 5.75 Å². The fourth-order valence-corrected chi connectivity index (χ4v) is 2.87. The molecule has 0 amide bonds. The van der Waals surface area contributed by atoms with E-state index in [1.807, 2.05) is 12.1 Å². The van der Waals surface area contributed by atoms with Crippen LogP contribution in [0.3, 0.4) is 0 Å². The summed E-state index contributed by atoms with van der Waals surface area (Å²) in [5.41, 5.74) is 7.22. The molecule has 0 saturated carbocycles. The van der Waals surface area contributed by atoms with Gasteiger partial charge in [0.25, 0.3) is 0 Å². The Hall–Kier alpha value is -2.03. The van der Waals surface area contributed by atoms with E-state index in [-0.39, 0.29) is 17.2 Å². The summed E-state index contributed by atoms with van der Waals surface area (Å²) in [5, 5.41) is 0. The van der Waals surface area contributed by atoms with Gasteiger partial charge in [0, 0.05) is 13.1 Å². The molecule has 2 rings (SSSR count). The first kappa shape index (κ1) is 17.3. The second kappa shape index (κ2) is 7.49. The Labute approximate surface area is 133 Å². The Morgan fingerprint density at radius 2 is 1.57 bits per heavy atom. The number of alkyl halides is 2. The zero-order chi connectivity index (χ0) is 16.9. The first-order valence-corrected chi connectivity index (χ1v) is 8.21. The van der Waals surface area contributed by atoms with Gasteiger partial charge < -0.3 is 10.5 Å². The predicted octanol–water partition coefficient (Wildman–Crippen LogP) is 2.23. The number of rotatable bonds is 7. The fraction of sp³-hybridized carbons (Fsp3) is 0.200. The third-order valence-electron chi connectivity index (χ3n) is 3.08. The Balaban J connectivity index is 2.02. The molecular weight excluding hydrogens is 326 g/mol. The quantitative estimate of drug-likeness (QED) is 0.808. The molecule has 0 heterocycles. The summed E-state index contributed by atoms with van der Waals surface area (Å²) in [6.45, 7) is -2.42. The predicted molar refractivity (Wildman–Crippen MR) is 81.4 cm³/mol. The maximum atomic E-state index is 12.1. The molecular formula is C15H16F2N2O3S. The molecule has 0 bridgehead atoms.